The Bertz CT molecular complexity index is 622. The number of fused-ring (bicyclic) bond motifs is 5. The van der Waals surface area contributed by atoms with E-state index in [1.807, 2.05) is 24.3 Å². The molecule has 0 aromatic heterocycles. The minimum atomic E-state index is -0.125. The third-order valence-electron chi connectivity index (χ3n) is 5.09. The Morgan fingerprint density at radius 1 is 1.09 bits per heavy atom. The van der Waals surface area contributed by atoms with E-state index in [9.17, 15) is 9.59 Å². The van der Waals surface area contributed by atoms with Crippen molar-refractivity contribution in [3.05, 3.63) is 36.4 Å². The highest BCUT2D eigenvalue weighted by atomic mass is 16.5. The molecule has 1 heterocycles. The standard InChI is InChI=1S/C17H18N2O3/c1-22-13-6-4-12(5-7-13)18-9-19-16(20)14-10-2-3-11(8-10)15(14)17(19)21/h2-7,10-11,14-15,18H,8-9H2,1H3/t10-,11-,14-,15+/m1/s1. The van der Waals surface area contributed by atoms with Crippen LogP contribution in [0.25, 0.3) is 0 Å². The Morgan fingerprint density at radius 2 is 1.68 bits per heavy atom. The number of amides is 2. The zero-order valence-electron chi connectivity index (χ0n) is 12.4. The summed E-state index contributed by atoms with van der Waals surface area (Å²) in [6.07, 6.45) is 5.18. The van der Waals surface area contributed by atoms with Crippen molar-refractivity contribution in [1.29, 1.82) is 0 Å². The molecule has 2 fully saturated rings. The van der Waals surface area contributed by atoms with Gasteiger partial charge in [0, 0.05) is 5.69 Å². The number of benzene rings is 1. The predicted molar refractivity (Wildman–Crippen MR) is 81.1 cm³/mol. The zero-order valence-corrected chi connectivity index (χ0v) is 12.4. The number of nitrogens with one attached hydrogen (secondary N) is 1. The first-order valence-corrected chi connectivity index (χ1v) is 7.60. The number of carbonyl (C=O) groups is 2. The summed E-state index contributed by atoms with van der Waals surface area (Å²) in [5, 5.41) is 3.15. The average Bonchev–Trinajstić information content (AvgIpc) is 3.21. The van der Waals surface area contributed by atoms with E-state index in [1.54, 1.807) is 7.11 Å². The molecule has 4 atom stereocenters. The molecule has 2 bridgehead atoms. The van der Waals surface area contributed by atoms with Crippen LogP contribution in [0.15, 0.2) is 36.4 Å². The molecule has 0 radical (unpaired) electrons. The van der Waals surface area contributed by atoms with E-state index in [4.69, 9.17) is 4.74 Å². The second-order valence-electron chi connectivity index (χ2n) is 6.17. The fraction of sp³-hybridized carbons (Fsp3) is 0.412. The van der Waals surface area contributed by atoms with Crippen LogP contribution in [0.2, 0.25) is 0 Å². The third-order valence-corrected chi connectivity index (χ3v) is 5.09. The molecule has 5 nitrogen and oxygen atoms in total. The van der Waals surface area contributed by atoms with Crippen LogP contribution < -0.4 is 10.1 Å². The maximum Gasteiger partial charge on any atom is 0.235 e. The predicted octanol–water partition coefficient (Wildman–Crippen LogP) is 1.87. The summed E-state index contributed by atoms with van der Waals surface area (Å²) >= 11 is 0. The van der Waals surface area contributed by atoms with E-state index in [0.29, 0.717) is 0 Å². The van der Waals surface area contributed by atoms with Crippen LogP contribution in [0.4, 0.5) is 5.69 Å². The highest BCUT2D eigenvalue weighted by Crippen LogP contribution is 2.52. The molecule has 2 aliphatic carbocycles. The van der Waals surface area contributed by atoms with Gasteiger partial charge in [0.15, 0.2) is 0 Å². The van der Waals surface area contributed by atoms with Crippen molar-refractivity contribution >= 4 is 17.5 Å². The normalized spacial score (nSPS) is 31.8. The second-order valence-corrected chi connectivity index (χ2v) is 6.17. The van der Waals surface area contributed by atoms with Crippen molar-refractivity contribution in [2.45, 2.75) is 6.42 Å². The highest BCUT2D eigenvalue weighted by Gasteiger charge is 2.59. The van der Waals surface area contributed by atoms with Gasteiger partial charge in [-0.3, -0.25) is 14.5 Å². The van der Waals surface area contributed by atoms with Gasteiger partial charge in [-0.1, -0.05) is 12.2 Å². The number of likely N-dealkylation sites (tertiary alicyclic amines) is 1. The summed E-state index contributed by atoms with van der Waals surface area (Å²) in [6.45, 7) is 0.233. The van der Waals surface area contributed by atoms with Crippen molar-refractivity contribution in [3.8, 4) is 5.75 Å². The molecule has 114 valence electrons. The first-order chi connectivity index (χ1) is 10.7. The molecule has 3 aliphatic rings. The van der Waals surface area contributed by atoms with E-state index in [0.717, 1.165) is 17.9 Å². The van der Waals surface area contributed by atoms with Crippen LogP contribution >= 0.6 is 0 Å². The van der Waals surface area contributed by atoms with Crippen LogP contribution in [0.5, 0.6) is 5.75 Å². The quantitative estimate of drug-likeness (QED) is 0.681. The number of hydrogen-bond acceptors (Lipinski definition) is 4. The van der Waals surface area contributed by atoms with Crippen molar-refractivity contribution < 1.29 is 14.3 Å². The van der Waals surface area contributed by atoms with Crippen LogP contribution in [0.3, 0.4) is 0 Å². The third kappa shape index (κ3) is 1.85. The number of anilines is 1. The van der Waals surface area contributed by atoms with Gasteiger partial charge in [0.05, 0.1) is 25.6 Å². The van der Waals surface area contributed by atoms with Crippen molar-refractivity contribution in [3.63, 3.8) is 0 Å². The number of ether oxygens (including phenoxy) is 1. The fourth-order valence-electron chi connectivity index (χ4n) is 4.00. The van der Waals surface area contributed by atoms with Gasteiger partial charge in [-0.15, -0.1) is 0 Å². The molecule has 1 saturated heterocycles. The Labute approximate surface area is 128 Å². The SMILES string of the molecule is COc1ccc(NCN2C(=O)[C@@H]3[C@H](C2=O)[C@@H]2C=C[C@@H]3C2)cc1. The minimum Gasteiger partial charge on any atom is -0.497 e. The molecular weight excluding hydrogens is 280 g/mol. The smallest absolute Gasteiger partial charge is 0.235 e. The number of imide groups is 1. The van der Waals surface area contributed by atoms with Crippen LogP contribution in [0, 0.1) is 23.7 Å². The molecule has 2 amide bonds. The Morgan fingerprint density at radius 3 is 2.23 bits per heavy atom. The van der Waals surface area contributed by atoms with E-state index in [-0.39, 0.29) is 42.2 Å². The molecule has 0 unspecified atom stereocenters. The average molecular weight is 298 g/mol. The number of rotatable bonds is 4. The van der Waals surface area contributed by atoms with E-state index in [1.165, 1.54) is 4.90 Å². The van der Waals surface area contributed by atoms with Gasteiger partial charge in [0.2, 0.25) is 11.8 Å². The molecule has 1 aromatic rings. The van der Waals surface area contributed by atoms with Crippen molar-refractivity contribution in [2.75, 3.05) is 19.1 Å². The molecule has 1 aromatic carbocycles. The van der Waals surface area contributed by atoms with Gasteiger partial charge in [-0.25, -0.2) is 0 Å². The summed E-state index contributed by atoms with van der Waals surface area (Å²) in [4.78, 5) is 26.4. The van der Waals surface area contributed by atoms with E-state index < -0.39 is 0 Å². The topological polar surface area (TPSA) is 58.6 Å². The maximum atomic E-state index is 12.5. The van der Waals surface area contributed by atoms with Gasteiger partial charge >= 0.3 is 0 Å². The summed E-state index contributed by atoms with van der Waals surface area (Å²) in [5.41, 5.74) is 0.861. The van der Waals surface area contributed by atoms with Gasteiger partial charge in [-0.2, -0.15) is 0 Å². The molecule has 1 saturated carbocycles. The first-order valence-electron chi connectivity index (χ1n) is 7.60. The van der Waals surface area contributed by atoms with Gasteiger partial charge in [-0.05, 0) is 42.5 Å². The maximum absolute atomic E-state index is 12.5. The van der Waals surface area contributed by atoms with Gasteiger partial charge in [0.25, 0.3) is 0 Å². The monoisotopic (exact) mass is 298 g/mol. The highest BCUT2D eigenvalue weighted by molar-refractivity contribution is 6.06. The number of carbonyl (C=O) groups excluding carboxylic acids is 2. The zero-order chi connectivity index (χ0) is 15.3. The van der Waals surface area contributed by atoms with E-state index >= 15 is 0 Å². The second kappa shape index (κ2) is 4.87. The van der Waals surface area contributed by atoms with Crippen LogP contribution in [0.1, 0.15) is 6.42 Å². The van der Waals surface area contributed by atoms with Crippen molar-refractivity contribution in [2.24, 2.45) is 23.7 Å². The van der Waals surface area contributed by atoms with Gasteiger partial charge in [0.1, 0.15) is 5.75 Å². The molecule has 1 N–H and O–H groups in total. The van der Waals surface area contributed by atoms with Crippen LogP contribution in [-0.4, -0.2) is 30.5 Å². The lowest BCUT2D eigenvalue weighted by atomic mass is 9.85. The number of hydrogen-bond donors (Lipinski definition) is 1. The van der Waals surface area contributed by atoms with Crippen molar-refractivity contribution in [1.82, 2.24) is 4.90 Å². The molecule has 1 aliphatic heterocycles. The van der Waals surface area contributed by atoms with Crippen LogP contribution in [-0.2, 0) is 9.59 Å². The lowest BCUT2D eigenvalue weighted by molar-refractivity contribution is -0.140. The largest absolute Gasteiger partial charge is 0.497 e. The molecular formula is C17H18N2O3. The first kappa shape index (κ1) is 13.4. The Balaban J connectivity index is 1.45. The summed E-state index contributed by atoms with van der Waals surface area (Å²) < 4.78 is 5.11. The summed E-state index contributed by atoms with van der Waals surface area (Å²) in [6, 6.07) is 7.43. The van der Waals surface area contributed by atoms with E-state index in [2.05, 4.69) is 17.5 Å². The Kier molecular flexibility index (Phi) is 2.96. The Hall–Kier alpha value is -2.30. The minimum absolute atomic E-state index is 0.0205. The fourth-order valence-corrected chi connectivity index (χ4v) is 4.00. The van der Waals surface area contributed by atoms with Gasteiger partial charge < -0.3 is 10.1 Å². The molecule has 22 heavy (non-hydrogen) atoms. The lowest BCUT2D eigenvalue weighted by Gasteiger charge is -2.18. The lowest BCUT2D eigenvalue weighted by Crippen LogP contribution is -2.37. The number of allylic oxidation sites excluding steroid dienone is 2. The molecule has 4 rings (SSSR count). The summed E-state index contributed by atoms with van der Waals surface area (Å²) in [5.74, 6) is 1.01. The molecule has 0 spiro atoms. The molecule has 5 heteroatoms. The summed E-state index contributed by atoms with van der Waals surface area (Å²) in [7, 11) is 1.62. The number of methoxy groups -OCH3 is 1. The number of nitrogens with zero attached hydrogens (tertiary/aromatic N) is 1.